The molecular weight excluding hydrogens is 306 g/mol. The molecule has 0 radical (unpaired) electrons. The highest BCUT2D eigenvalue weighted by Crippen LogP contribution is 2.24. The first kappa shape index (κ1) is 14.0. The molecule has 0 atom stereocenters. The Bertz CT molecular complexity index is 528. The van der Waals surface area contributed by atoms with Crippen molar-refractivity contribution in [3.63, 3.8) is 0 Å². The lowest BCUT2D eigenvalue weighted by Crippen LogP contribution is -2.20. The van der Waals surface area contributed by atoms with Crippen LogP contribution in [0.2, 0.25) is 0 Å². The molecule has 1 aromatic carbocycles. The standard InChI is InChI=1S/C10H14BrN3O2S/c1-7(11)6-14-9-4-3-8(12)5-10(9)17(15,16)13-2/h3-5,13-14H,1,6,12H2,2H3. The summed E-state index contributed by atoms with van der Waals surface area (Å²) in [5, 5.41) is 2.96. The van der Waals surface area contributed by atoms with E-state index >= 15 is 0 Å². The number of nitrogens with one attached hydrogen (secondary N) is 2. The van der Waals surface area contributed by atoms with Crippen molar-refractivity contribution in [1.29, 1.82) is 0 Å². The summed E-state index contributed by atoms with van der Waals surface area (Å²) in [6, 6.07) is 4.66. The van der Waals surface area contributed by atoms with Crippen LogP contribution in [0.1, 0.15) is 0 Å². The van der Waals surface area contributed by atoms with Gasteiger partial charge < -0.3 is 11.1 Å². The second kappa shape index (κ2) is 5.52. The molecule has 0 bridgehead atoms. The van der Waals surface area contributed by atoms with E-state index in [1.165, 1.54) is 13.1 Å². The van der Waals surface area contributed by atoms with Crippen LogP contribution in [0.4, 0.5) is 11.4 Å². The maximum Gasteiger partial charge on any atom is 0.242 e. The van der Waals surface area contributed by atoms with Crippen molar-refractivity contribution in [2.24, 2.45) is 0 Å². The molecule has 1 aromatic rings. The van der Waals surface area contributed by atoms with Gasteiger partial charge in [0.15, 0.2) is 0 Å². The summed E-state index contributed by atoms with van der Waals surface area (Å²) in [6.45, 7) is 4.09. The largest absolute Gasteiger partial charge is 0.399 e. The van der Waals surface area contributed by atoms with Gasteiger partial charge in [-0.05, 0) is 25.2 Å². The molecule has 0 aliphatic heterocycles. The summed E-state index contributed by atoms with van der Waals surface area (Å²) in [7, 11) is -2.18. The average molecular weight is 320 g/mol. The lowest BCUT2D eigenvalue weighted by molar-refractivity contribution is 0.588. The van der Waals surface area contributed by atoms with Gasteiger partial charge in [0, 0.05) is 16.7 Å². The first-order valence-electron chi connectivity index (χ1n) is 4.77. The third-order valence-electron chi connectivity index (χ3n) is 2.03. The molecule has 5 nitrogen and oxygen atoms in total. The van der Waals surface area contributed by atoms with Crippen LogP contribution in [0.25, 0.3) is 0 Å². The van der Waals surface area contributed by atoms with Crippen molar-refractivity contribution in [3.05, 3.63) is 29.3 Å². The highest BCUT2D eigenvalue weighted by atomic mass is 79.9. The van der Waals surface area contributed by atoms with E-state index in [0.717, 1.165) is 4.48 Å². The van der Waals surface area contributed by atoms with Crippen LogP contribution in [0.15, 0.2) is 34.2 Å². The molecular formula is C10H14BrN3O2S. The molecule has 0 saturated carbocycles. The van der Waals surface area contributed by atoms with E-state index in [4.69, 9.17) is 5.73 Å². The Morgan fingerprint density at radius 1 is 1.53 bits per heavy atom. The predicted octanol–water partition coefficient (Wildman–Crippen LogP) is 1.50. The first-order chi connectivity index (χ1) is 7.86. The lowest BCUT2D eigenvalue weighted by atomic mass is 10.3. The Hall–Kier alpha value is -1.05. The number of anilines is 2. The van der Waals surface area contributed by atoms with Gasteiger partial charge in [-0.1, -0.05) is 22.5 Å². The fourth-order valence-electron chi connectivity index (χ4n) is 1.21. The number of nitrogens with two attached hydrogens (primary N) is 1. The Labute approximate surface area is 109 Å². The molecule has 17 heavy (non-hydrogen) atoms. The van der Waals surface area contributed by atoms with Gasteiger partial charge in [0.25, 0.3) is 0 Å². The first-order valence-corrected chi connectivity index (χ1v) is 7.04. The van der Waals surface area contributed by atoms with E-state index in [1.54, 1.807) is 12.1 Å². The van der Waals surface area contributed by atoms with Gasteiger partial charge in [-0.2, -0.15) is 0 Å². The van der Waals surface area contributed by atoms with Crippen molar-refractivity contribution < 1.29 is 8.42 Å². The van der Waals surface area contributed by atoms with Crippen LogP contribution in [-0.2, 0) is 10.0 Å². The molecule has 0 aliphatic rings. The van der Waals surface area contributed by atoms with Crippen LogP contribution in [0.5, 0.6) is 0 Å². The highest BCUT2D eigenvalue weighted by Gasteiger charge is 2.16. The number of halogens is 1. The highest BCUT2D eigenvalue weighted by molar-refractivity contribution is 9.11. The molecule has 0 saturated heterocycles. The minimum Gasteiger partial charge on any atom is -0.399 e. The number of sulfonamides is 1. The van der Waals surface area contributed by atoms with E-state index in [0.29, 0.717) is 17.9 Å². The molecule has 4 N–H and O–H groups in total. The minimum absolute atomic E-state index is 0.119. The summed E-state index contributed by atoms with van der Waals surface area (Å²) < 4.78 is 26.5. The molecule has 0 aliphatic carbocycles. The van der Waals surface area contributed by atoms with E-state index in [9.17, 15) is 8.42 Å². The van der Waals surface area contributed by atoms with Gasteiger partial charge in [-0.3, -0.25) is 0 Å². The fourth-order valence-corrected chi connectivity index (χ4v) is 2.29. The molecule has 0 heterocycles. The Kier molecular flexibility index (Phi) is 4.55. The van der Waals surface area contributed by atoms with E-state index in [1.807, 2.05) is 0 Å². The van der Waals surface area contributed by atoms with Crippen LogP contribution < -0.4 is 15.8 Å². The molecule has 0 amide bonds. The molecule has 0 aromatic heterocycles. The van der Waals surface area contributed by atoms with E-state index in [2.05, 4.69) is 32.5 Å². The molecule has 94 valence electrons. The Morgan fingerprint density at radius 2 is 2.18 bits per heavy atom. The van der Waals surface area contributed by atoms with Gasteiger partial charge in [-0.25, -0.2) is 13.1 Å². The molecule has 0 fully saturated rings. The van der Waals surface area contributed by atoms with Crippen LogP contribution in [-0.4, -0.2) is 22.0 Å². The lowest BCUT2D eigenvalue weighted by Gasteiger charge is -2.12. The maximum absolute atomic E-state index is 11.8. The van der Waals surface area contributed by atoms with Crippen molar-refractivity contribution in [1.82, 2.24) is 4.72 Å². The molecule has 0 spiro atoms. The monoisotopic (exact) mass is 319 g/mol. The van der Waals surface area contributed by atoms with E-state index < -0.39 is 10.0 Å². The van der Waals surface area contributed by atoms with Gasteiger partial charge >= 0.3 is 0 Å². The third-order valence-corrected chi connectivity index (χ3v) is 3.77. The summed E-state index contributed by atoms with van der Waals surface area (Å²) >= 11 is 3.19. The van der Waals surface area contributed by atoms with Gasteiger partial charge in [-0.15, -0.1) is 0 Å². The zero-order chi connectivity index (χ0) is 13.1. The average Bonchev–Trinajstić information content (AvgIpc) is 2.27. The maximum atomic E-state index is 11.8. The van der Waals surface area contributed by atoms with Crippen molar-refractivity contribution in [2.45, 2.75) is 4.90 Å². The summed E-state index contributed by atoms with van der Waals surface area (Å²) in [5.74, 6) is 0. The zero-order valence-corrected chi connectivity index (χ0v) is 11.7. The topological polar surface area (TPSA) is 84.2 Å². The van der Waals surface area contributed by atoms with Gasteiger partial charge in [0.1, 0.15) is 4.90 Å². The molecule has 1 rings (SSSR count). The van der Waals surface area contributed by atoms with Crippen molar-refractivity contribution >= 4 is 37.3 Å². The second-order valence-corrected chi connectivity index (χ2v) is 6.31. The van der Waals surface area contributed by atoms with E-state index in [-0.39, 0.29) is 4.90 Å². The fraction of sp³-hybridized carbons (Fsp3) is 0.200. The zero-order valence-electron chi connectivity index (χ0n) is 9.33. The number of hydrogen-bond acceptors (Lipinski definition) is 4. The second-order valence-electron chi connectivity index (χ2n) is 3.33. The number of hydrogen-bond donors (Lipinski definition) is 3. The van der Waals surface area contributed by atoms with Crippen molar-refractivity contribution in [3.8, 4) is 0 Å². The van der Waals surface area contributed by atoms with Crippen LogP contribution in [0.3, 0.4) is 0 Å². The van der Waals surface area contributed by atoms with Gasteiger partial charge in [0.2, 0.25) is 10.0 Å². The Balaban J connectivity index is 3.17. The van der Waals surface area contributed by atoms with Gasteiger partial charge in [0.05, 0.1) is 5.69 Å². The number of nitrogen functional groups attached to an aromatic ring is 1. The summed E-state index contributed by atoms with van der Waals surface area (Å²) in [4.78, 5) is 0.119. The minimum atomic E-state index is -3.54. The SMILES string of the molecule is C=C(Br)CNc1ccc(N)cc1S(=O)(=O)NC. The third kappa shape index (κ3) is 3.72. The quantitative estimate of drug-likeness (QED) is 0.718. The molecule has 0 unspecified atom stereocenters. The predicted molar refractivity (Wildman–Crippen MR) is 73.7 cm³/mol. The van der Waals surface area contributed by atoms with Crippen LogP contribution in [0, 0.1) is 0 Å². The smallest absolute Gasteiger partial charge is 0.242 e. The summed E-state index contributed by atoms with van der Waals surface area (Å²) in [5.41, 5.74) is 6.46. The van der Waals surface area contributed by atoms with Crippen LogP contribution >= 0.6 is 15.9 Å². The Morgan fingerprint density at radius 3 is 2.71 bits per heavy atom. The summed E-state index contributed by atoms with van der Waals surface area (Å²) in [6.07, 6.45) is 0. The normalized spacial score (nSPS) is 11.2. The number of benzene rings is 1. The van der Waals surface area contributed by atoms with Crippen molar-refractivity contribution in [2.75, 3.05) is 24.6 Å². The molecule has 7 heteroatoms. The number of rotatable bonds is 5.